The first-order chi connectivity index (χ1) is 27.4. The number of carbonyl (C=O) groups excluding carboxylic acids is 1. The van der Waals surface area contributed by atoms with Gasteiger partial charge in [-0.25, -0.2) is 0 Å². The molecule has 4 aromatic rings. The number of hydrogen-bond acceptors (Lipinski definition) is 7. The van der Waals surface area contributed by atoms with Crippen LogP contribution in [0.4, 0.5) is 0 Å². The van der Waals surface area contributed by atoms with E-state index in [1.54, 1.807) is 4.90 Å². The molecule has 0 aliphatic heterocycles. The van der Waals surface area contributed by atoms with Gasteiger partial charge in [0.05, 0.1) is 31.9 Å². The Morgan fingerprint density at radius 2 is 0.966 bits per heavy atom. The molecule has 0 heterocycles. The first kappa shape index (κ1) is 45.0. The van der Waals surface area contributed by atoms with Crippen LogP contribution in [0.15, 0.2) is 72.8 Å². The average Bonchev–Trinajstić information content (AvgIpc) is 3.14. The highest BCUT2D eigenvalue weighted by atomic mass is 16.5. The van der Waals surface area contributed by atoms with Crippen LogP contribution in [0.1, 0.15) is 111 Å². The molecule has 1 N–H and O–H groups in total. The smallest absolute Gasteiger partial charge is 0.320 e. The summed E-state index contributed by atoms with van der Waals surface area (Å²) >= 11 is 0. The van der Waals surface area contributed by atoms with Crippen LogP contribution < -0.4 is 9.47 Å². The minimum absolute atomic E-state index is 0.0439. The highest BCUT2D eigenvalue weighted by molar-refractivity contribution is 5.85. The van der Waals surface area contributed by atoms with Crippen LogP contribution in [-0.2, 0) is 27.4 Å². The summed E-state index contributed by atoms with van der Waals surface area (Å²) in [6.07, 6.45) is 10.2. The van der Waals surface area contributed by atoms with Crippen LogP contribution in [0.2, 0.25) is 0 Å². The Labute approximate surface area is 348 Å². The van der Waals surface area contributed by atoms with Crippen LogP contribution in [0.5, 0.6) is 11.5 Å². The van der Waals surface area contributed by atoms with Crippen LogP contribution in [0.25, 0.3) is 21.5 Å². The second-order valence-corrected chi connectivity index (χ2v) is 19.1. The van der Waals surface area contributed by atoms with Crippen molar-refractivity contribution in [3.05, 3.63) is 83.9 Å². The van der Waals surface area contributed by atoms with Gasteiger partial charge in [0.2, 0.25) is 0 Å². The Bertz CT molecular complexity index is 1950. The van der Waals surface area contributed by atoms with E-state index in [1.807, 2.05) is 25.9 Å². The largest absolute Gasteiger partial charge is 0.490 e. The van der Waals surface area contributed by atoms with Crippen molar-refractivity contribution in [2.24, 2.45) is 22.7 Å². The zero-order valence-corrected chi connectivity index (χ0v) is 36.8. The third kappa shape index (κ3) is 13.7. The Hall–Kier alpha value is -4.14. The number of aliphatic carboxylic acids is 1. The van der Waals surface area contributed by atoms with Crippen molar-refractivity contribution in [2.45, 2.75) is 125 Å². The maximum Gasteiger partial charge on any atom is 0.320 e. The Morgan fingerprint density at radius 1 is 0.586 bits per heavy atom. The Balaban J connectivity index is 0.000000221. The van der Waals surface area contributed by atoms with Gasteiger partial charge in [0.15, 0.2) is 0 Å². The summed E-state index contributed by atoms with van der Waals surface area (Å²) in [5.74, 6) is 2.52. The molecule has 8 heteroatoms. The van der Waals surface area contributed by atoms with Crippen molar-refractivity contribution >= 4 is 33.5 Å². The molecular weight excluding hydrogens is 725 g/mol. The highest BCUT2D eigenvalue weighted by Gasteiger charge is 2.31. The van der Waals surface area contributed by atoms with E-state index in [1.165, 1.54) is 42.0 Å². The van der Waals surface area contributed by atoms with E-state index in [0.717, 1.165) is 65.4 Å². The standard InChI is InChI=1S/C26H37NO3.C24H33NO3/c1-6-29-25(28)18-27(5)17-19-7-8-21-16-24(12-9-20(21)15-19)30-23-13-10-22(11-14-23)26(2,3)4;1-24(2,3)20-8-11-21(12-9-20)28-22-10-7-18-13-17(5-6-19(18)14-22)15-25(4)16-23(26)27/h7-9,12,15-16,22-23H,6,10-11,13-14,17-18H2,1-5H3;5-7,10,13-14,20-21H,8-9,11-12,15-16H2,1-4H3,(H,26,27). The normalized spacial score (nSPS) is 20.1. The monoisotopic (exact) mass is 795 g/mol. The number of ether oxygens (including phenoxy) is 3. The molecule has 8 nitrogen and oxygen atoms in total. The molecular formula is C50H70N2O6. The van der Waals surface area contributed by atoms with Crippen LogP contribution >= 0.6 is 0 Å². The number of benzene rings is 4. The minimum Gasteiger partial charge on any atom is -0.490 e. The molecule has 0 radical (unpaired) electrons. The zero-order valence-electron chi connectivity index (χ0n) is 36.8. The van der Waals surface area contributed by atoms with Gasteiger partial charge in [0, 0.05) is 13.1 Å². The molecule has 0 aromatic heterocycles. The fourth-order valence-electron chi connectivity index (χ4n) is 8.76. The third-order valence-electron chi connectivity index (χ3n) is 12.2. The van der Waals surface area contributed by atoms with E-state index in [2.05, 4.69) is 114 Å². The first-order valence-electron chi connectivity index (χ1n) is 21.6. The SMILES string of the molecule is CCOC(=O)CN(C)Cc1ccc2cc(OC3CCC(C(C)(C)C)CC3)ccc2c1.CN(CC(=O)O)Cc1ccc2cc(OC3CCC(C(C)(C)C)CC3)ccc2c1. The predicted octanol–water partition coefficient (Wildman–Crippen LogP) is 11.2. The molecule has 2 saturated carbocycles. The summed E-state index contributed by atoms with van der Waals surface area (Å²) < 4.78 is 17.6. The van der Waals surface area contributed by atoms with E-state index in [9.17, 15) is 9.59 Å². The van der Waals surface area contributed by atoms with Crippen molar-refractivity contribution < 1.29 is 28.9 Å². The number of hydrogen-bond donors (Lipinski definition) is 1. The lowest BCUT2D eigenvalue weighted by Gasteiger charge is -2.37. The zero-order chi connectivity index (χ0) is 42.0. The average molecular weight is 795 g/mol. The lowest BCUT2D eigenvalue weighted by Crippen LogP contribution is -2.30. The van der Waals surface area contributed by atoms with Gasteiger partial charge in [0.25, 0.3) is 0 Å². The lowest BCUT2D eigenvalue weighted by molar-refractivity contribution is -0.144. The van der Waals surface area contributed by atoms with Gasteiger partial charge in [-0.15, -0.1) is 0 Å². The molecule has 316 valence electrons. The number of nitrogens with zero attached hydrogens (tertiary/aromatic N) is 2. The molecule has 0 bridgehead atoms. The molecule has 6 rings (SSSR count). The van der Waals surface area contributed by atoms with Crippen molar-refractivity contribution in [1.82, 2.24) is 9.80 Å². The molecule has 0 atom stereocenters. The Morgan fingerprint density at radius 3 is 1.34 bits per heavy atom. The lowest BCUT2D eigenvalue weighted by atomic mass is 9.72. The summed E-state index contributed by atoms with van der Waals surface area (Å²) in [7, 11) is 3.76. The first-order valence-corrected chi connectivity index (χ1v) is 21.6. The maximum absolute atomic E-state index is 11.6. The minimum atomic E-state index is -0.804. The number of esters is 1. The van der Waals surface area contributed by atoms with Crippen molar-refractivity contribution in [1.29, 1.82) is 0 Å². The predicted molar refractivity (Wildman–Crippen MR) is 236 cm³/mol. The third-order valence-corrected chi connectivity index (χ3v) is 12.2. The van der Waals surface area contributed by atoms with Crippen LogP contribution in [0, 0.1) is 22.7 Å². The molecule has 58 heavy (non-hydrogen) atoms. The fraction of sp³-hybridized carbons (Fsp3) is 0.560. The molecule has 0 amide bonds. The Kier molecular flexibility index (Phi) is 15.7. The van der Waals surface area contributed by atoms with E-state index in [-0.39, 0.29) is 12.5 Å². The van der Waals surface area contributed by atoms with Gasteiger partial charge in [-0.3, -0.25) is 19.4 Å². The molecule has 0 unspecified atom stereocenters. The number of rotatable bonds is 13. The summed E-state index contributed by atoms with van der Waals surface area (Å²) in [6, 6.07) is 25.4. The van der Waals surface area contributed by atoms with E-state index >= 15 is 0 Å². The van der Waals surface area contributed by atoms with E-state index in [0.29, 0.717) is 49.3 Å². The number of fused-ring (bicyclic) bond motifs is 2. The summed E-state index contributed by atoms with van der Waals surface area (Å²) in [5.41, 5.74) is 3.09. The number of likely N-dealkylation sites (N-methyl/N-ethyl adjacent to an activating group) is 2. The fourth-order valence-corrected chi connectivity index (χ4v) is 8.76. The van der Waals surface area contributed by atoms with Crippen molar-refractivity contribution in [3.8, 4) is 11.5 Å². The van der Waals surface area contributed by atoms with E-state index in [4.69, 9.17) is 19.3 Å². The topological polar surface area (TPSA) is 88.5 Å². The van der Waals surface area contributed by atoms with Crippen LogP contribution in [0.3, 0.4) is 0 Å². The van der Waals surface area contributed by atoms with Gasteiger partial charge in [-0.05, 0) is 164 Å². The van der Waals surface area contributed by atoms with Gasteiger partial charge in [-0.1, -0.05) is 77.9 Å². The molecule has 0 spiro atoms. The van der Waals surface area contributed by atoms with Gasteiger partial charge in [0.1, 0.15) is 11.5 Å². The van der Waals surface area contributed by atoms with Gasteiger partial charge in [-0.2, -0.15) is 0 Å². The summed E-state index contributed by atoms with van der Waals surface area (Å²) in [6.45, 7) is 18.0. The second-order valence-electron chi connectivity index (χ2n) is 19.1. The molecule has 2 fully saturated rings. The number of carbonyl (C=O) groups is 2. The molecule has 4 aromatic carbocycles. The quantitative estimate of drug-likeness (QED) is 0.134. The van der Waals surface area contributed by atoms with E-state index < -0.39 is 5.97 Å². The number of carboxylic acid groups (broad SMARTS) is 1. The van der Waals surface area contributed by atoms with Crippen LogP contribution in [-0.4, -0.2) is 72.8 Å². The van der Waals surface area contributed by atoms with Crippen molar-refractivity contribution in [3.63, 3.8) is 0 Å². The van der Waals surface area contributed by atoms with Gasteiger partial charge < -0.3 is 19.3 Å². The number of carboxylic acids is 1. The van der Waals surface area contributed by atoms with Gasteiger partial charge >= 0.3 is 11.9 Å². The summed E-state index contributed by atoms with van der Waals surface area (Å²) in [4.78, 5) is 26.2. The summed E-state index contributed by atoms with van der Waals surface area (Å²) in [5, 5.41) is 13.6. The molecule has 0 saturated heterocycles. The molecule has 2 aliphatic rings. The highest BCUT2D eigenvalue weighted by Crippen LogP contribution is 2.40. The van der Waals surface area contributed by atoms with Crippen molar-refractivity contribution in [2.75, 3.05) is 33.8 Å². The molecule has 2 aliphatic carbocycles. The second kappa shape index (κ2) is 20.2. The maximum atomic E-state index is 11.6.